The maximum atomic E-state index is 10.4. The lowest BCUT2D eigenvalue weighted by atomic mass is 10.1. The number of unbranched alkanes of at least 4 members (excludes halogenated alkanes) is 6. The van der Waals surface area contributed by atoms with Gasteiger partial charge in [-0.2, -0.15) is 8.42 Å². The zero-order chi connectivity index (χ0) is 13.1. The average Bonchev–Trinajstić information content (AvgIpc) is 2.18. The maximum Gasteiger partial charge on any atom is 0.319 e. The van der Waals surface area contributed by atoms with Crippen LogP contribution < -0.4 is 0 Å². The van der Waals surface area contributed by atoms with E-state index in [0.717, 1.165) is 25.8 Å². The van der Waals surface area contributed by atoms with Crippen molar-refractivity contribution in [2.45, 2.75) is 44.9 Å². The van der Waals surface area contributed by atoms with Gasteiger partial charge >= 0.3 is 9.15 Å². The second-order valence-corrected chi connectivity index (χ2v) is 8.00. The van der Waals surface area contributed by atoms with Crippen molar-refractivity contribution in [2.75, 3.05) is 26.4 Å². The summed E-state index contributed by atoms with van der Waals surface area (Å²) in [6.45, 7) is 1.16. The molecule has 0 saturated carbocycles. The van der Waals surface area contributed by atoms with Crippen LogP contribution in [-0.2, 0) is 9.15 Å². The minimum absolute atomic E-state index is 0.499. The van der Waals surface area contributed by atoms with Crippen molar-refractivity contribution < 1.29 is 13.0 Å². The minimum atomic E-state index is -3.83. The molecule has 0 saturated heterocycles. The molecule has 17 heavy (non-hydrogen) atoms. The molecule has 0 fully saturated rings. The Balaban J connectivity index is 3.09. The van der Waals surface area contributed by atoms with E-state index in [4.69, 9.17) is 4.55 Å². The highest BCUT2D eigenvalue weighted by atomic mass is 33.1. The van der Waals surface area contributed by atoms with Crippen molar-refractivity contribution >= 4 is 19.9 Å². The van der Waals surface area contributed by atoms with Gasteiger partial charge in [0.05, 0.1) is 0 Å². The predicted molar refractivity (Wildman–Crippen MR) is 74.9 cm³/mol. The molecule has 0 aliphatic rings. The molecule has 6 heteroatoms. The fraction of sp³-hybridized carbons (Fsp3) is 1.00. The van der Waals surface area contributed by atoms with E-state index in [-0.39, 0.29) is 0 Å². The van der Waals surface area contributed by atoms with E-state index in [1.807, 2.05) is 0 Å². The smallest absolute Gasteiger partial charge is 0.309 e. The van der Waals surface area contributed by atoms with Gasteiger partial charge in [0.25, 0.3) is 0 Å². The van der Waals surface area contributed by atoms with Crippen LogP contribution in [0, 0.1) is 0 Å². The molecule has 0 atom stereocenters. The molecule has 0 aromatic carbocycles. The molecule has 0 aliphatic carbocycles. The summed E-state index contributed by atoms with van der Waals surface area (Å²) in [5, 5.41) is 0. The van der Waals surface area contributed by atoms with Crippen molar-refractivity contribution in [1.29, 1.82) is 0 Å². The van der Waals surface area contributed by atoms with E-state index in [2.05, 4.69) is 19.0 Å². The van der Waals surface area contributed by atoms with Crippen LogP contribution in [0.4, 0.5) is 0 Å². The lowest BCUT2D eigenvalue weighted by Crippen LogP contribution is -2.12. The quantitative estimate of drug-likeness (QED) is 0.359. The van der Waals surface area contributed by atoms with Gasteiger partial charge in [0, 0.05) is 5.75 Å². The molecule has 0 aromatic rings. The standard InChI is InChI=1S/C11H25NO3S2/c1-12(2)10-8-6-4-3-5-7-9-11-16-17(13,14)15/h3-11H2,1-2H3,(H,13,14,15). The molecule has 104 valence electrons. The van der Waals surface area contributed by atoms with Gasteiger partial charge < -0.3 is 4.90 Å². The number of nitrogens with zero attached hydrogens (tertiary/aromatic N) is 1. The monoisotopic (exact) mass is 283 g/mol. The Bertz CT molecular complexity index is 266. The molecule has 0 heterocycles. The van der Waals surface area contributed by atoms with Crippen LogP contribution >= 0.6 is 10.8 Å². The van der Waals surface area contributed by atoms with Crippen LogP contribution in [0.15, 0.2) is 0 Å². The Kier molecular flexibility index (Phi) is 10.3. The van der Waals surface area contributed by atoms with Gasteiger partial charge in [0.2, 0.25) is 0 Å². The number of rotatable bonds is 11. The zero-order valence-electron chi connectivity index (χ0n) is 10.9. The Morgan fingerprint density at radius 3 is 1.88 bits per heavy atom. The third-order valence-corrected chi connectivity index (χ3v) is 4.63. The van der Waals surface area contributed by atoms with Crippen molar-refractivity contribution in [3.05, 3.63) is 0 Å². The number of hydrogen-bond acceptors (Lipinski definition) is 4. The van der Waals surface area contributed by atoms with Gasteiger partial charge in [0.1, 0.15) is 0 Å². The molecule has 0 amide bonds. The van der Waals surface area contributed by atoms with Gasteiger partial charge in [-0.3, -0.25) is 4.55 Å². The molecule has 0 radical (unpaired) electrons. The van der Waals surface area contributed by atoms with Crippen molar-refractivity contribution in [3.63, 3.8) is 0 Å². The zero-order valence-corrected chi connectivity index (χ0v) is 12.5. The molecule has 0 spiro atoms. The van der Waals surface area contributed by atoms with Crippen LogP contribution in [0.2, 0.25) is 0 Å². The molecule has 0 bridgehead atoms. The van der Waals surface area contributed by atoms with Gasteiger partial charge in [0.15, 0.2) is 0 Å². The van der Waals surface area contributed by atoms with E-state index in [1.165, 1.54) is 25.7 Å². The molecule has 0 rings (SSSR count). The Labute approximate surface area is 109 Å². The summed E-state index contributed by atoms with van der Waals surface area (Å²) < 4.78 is 29.3. The predicted octanol–water partition coefficient (Wildman–Crippen LogP) is 2.81. The third-order valence-electron chi connectivity index (χ3n) is 2.48. The van der Waals surface area contributed by atoms with Gasteiger partial charge in [-0.1, -0.05) is 32.1 Å². The highest BCUT2D eigenvalue weighted by Gasteiger charge is 2.03. The fourth-order valence-corrected chi connectivity index (χ4v) is 3.10. The molecule has 0 aliphatic heterocycles. The summed E-state index contributed by atoms with van der Waals surface area (Å²) in [6.07, 6.45) is 8.10. The van der Waals surface area contributed by atoms with E-state index < -0.39 is 9.15 Å². The highest BCUT2D eigenvalue weighted by molar-refractivity contribution is 8.69. The first-order valence-corrected chi connectivity index (χ1v) is 9.12. The summed E-state index contributed by atoms with van der Waals surface area (Å²) in [6, 6.07) is 0. The minimum Gasteiger partial charge on any atom is -0.309 e. The lowest BCUT2D eigenvalue weighted by molar-refractivity contribution is 0.389. The van der Waals surface area contributed by atoms with Crippen LogP contribution in [-0.4, -0.2) is 44.3 Å². The fourth-order valence-electron chi connectivity index (χ4n) is 1.58. The van der Waals surface area contributed by atoms with Crippen LogP contribution in [0.1, 0.15) is 44.9 Å². The van der Waals surface area contributed by atoms with Gasteiger partial charge in [-0.05, 0) is 44.3 Å². The van der Waals surface area contributed by atoms with Crippen molar-refractivity contribution in [2.24, 2.45) is 0 Å². The SMILES string of the molecule is CN(C)CCCCCCCCCSS(=O)(=O)O. The average molecular weight is 283 g/mol. The second kappa shape index (κ2) is 10.2. The lowest BCUT2D eigenvalue weighted by Gasteiger charge is -2.08. The molecule has 1 N–H and O–H groups in total. The van der Waals surface area contributed by atoms with Gasteiger partial charge in [-0.15, -0.1) is 0 Å². The molecular formula is C11H25NO3S2. The Morgan fingerprint density at radius 1 is 0.941 bits per heavy atom. The Hall–Kier alpha value is 0.220. The van der Waals surface area contributed by atoms with Crippen molar-refractivity contribution in [3.8, 4) is 0 Å². The molecule has 0 unspecified atom stereocenters. The Morgan fingerprint density at radius 2 is 1.41 bits per heavy atom. The molecule has 4 nitrogen and oxygen atoms in total. The first-order valence-electron chi connectivity index (χ1n) is 6.18. The summed E-state index contributed by atoms with van der Waals surface area (Å²) in [5.74, 6) is 0.499. The van der Waals surface area contributed by atoms with E-state index in [9.17, 15) is 8.42 Å². The first kappa shape index (κ1) is 17.2. The van der Waals surface area contributed by atoms with Gasteiger partial charge in [-0.25, -0.2) is 0 Å². The summed E-state index contributed by atoms with van der Waals surface area (Å²) in [4.78, 5) is 2.20. The highest BCUT2D eigenvalue weighted by Crippen LogP contribution is 2.14. The van der Waals surface area contributed by atoms with Crippen LogP contribution in [0.25, 0.3) is 0 Å². The van der Waals surface area contributed by atoms with Crippen LogP contribution in [0.5, 0.6) is 0 Å². The normalized spacial score (nSPS) is 12.2. The third kappa shape index (κ3) is 16.2. The first-order chi connectivity index (χ1) is 7.92. The molecule has 0 aromatic heterocycles. The maximum absolute atomic E-state index is 10.4. The largest absolute Gasteiger partial charge is 0.319 e. The summed E-state index contributed by atoms with van der Waals surface area (Å²) >= 11 is 0. The number of hydrogen-bond donors (Lipinski definition) is 1. The summed E-state index contributed by atoms with van der Waals surface area (Å²) in [5.41, 5.74) is 0. The van der Waals surface area contributed by atoms with Crippen LogP contribution in [0.3, 0.4) is 0 Å². The second-order valence-electron chi connectivity index (χ2n) is 4.53. The topological polar surface area (TPSA) is 57.6 Å². The van der Waals surface area contributed by atoms with E-state index in [0.29, 0.717) is 16.5 Å². The summed E-state index contributed by atoms with van der Waals surface area (Å²) in [7, 11) is 0.986. The van der Waals surface area contributed by atoms with Crippen molar-refractivity contribution in [1.82, 2.24) is 4.90 Å². The molecular weight excluding hydrogens is 258 g/mol. The van der Waals surface area contributed by atoms with E-state index >= 15 is 0 Å². The van der Waals surface area contributed by atoms with E-state index in [1.54, 1.807) is 0 Å².